The molecule has 3 aromatic rings. The van der Waals surface area contributed by atoms with Crippen LogP contribution in [-0.4, -0.2) is 28.4 Å². The highest BCUT2D eigenvalue weighted by Crippen LogP contribution is 2.41. The molecule has 0 atom stereocenters. The summed E-state index contributed by atoms with van der Waals surface area (Å²) in [6.45, 7) is 0. The van der Waals surface area contributed by atoms with Gasteiger partial charge in [0.1, 0.15) is 0 Å². The number of benzene rings is 1. The molecule has 0 N–H and O–H groups in total. The lowest BCUT2D eigenvalue weighted by molar-refractivity contribution is -0.286. The molecule has 0 unspecified atom stereocenters. The fourth-order valence-corrected chi connectivity index (χ4v) is 2.78. The monoisotopic (exact) mass is 371 g/mol. The lowest BCUT2D eigenvalue weighted by Crippen LogP contribution is -2.25. The van der Waals surface area contributed by atoms with Crippen molar-refractivity contribution in [1.29, 1.82) is 0 Å². The molecule has 1 aliphatic rings. The maximum atomic E-state index is 13.1. The van der Waals surface area contributed by atoms with Gasteiger partial charge in [-0.1, -0.05) is 6.07 Å². The zero-order valence-corrected chi connectivity index (χ0v) is 14.4. The largest absolute Gasteiger partial charge is 0.586 e. The number of alkyl halides is 2. The summed E-state index contributed by atoms with van der Waals surface area (Å²) in [4.78, 5) is 12.8. The average molecular weight is 371 g/mol. The van der Waals surface area contributed by atoms with Gasteiger partial charge in [-0.3, -0.25) is 4.98 Å². The average Bonchev–Trinajstić information content (AvgIpc) is 2.99. The highest BCUT2D eigenvalue weighted by atomic mass is 19.3. The molecule has 0 aliphatic carbocycles. The second-order valence-electron chi connectivity index (χ2n) is 5.92. The predicted molar refractivity (Wildman–Crippen MR) is 91.9 cm³/mol. The van der Waals surface area contributed by atoms with E-state index in [1.165, 1.54) is 13.2 Å². The highest BCUT2D eigenvalue weighted by Gasteiger charge is 2.43. The van der Waals surface area contributed by atoms with Crippen molar-refractivity contribution >= 4 is 0 Å². The first-order valence-corrected chi connectivity index (χ1v) is 8.23. The van der Waals surface area contributed by atoms with E-state index in [-0.39, 0.29) is 17.5 Å². The molecular formula is C19H15F2N3O3. The Hall–Kier alpha value is -3.29. The zero-order chi connectivity index (χ0) is 18.9. The summed E-state index contributed by atoms with van der Waals surface area (Å²) in [7, 11) is 1.50. The number of pyridine rings is 1. The van der Waals surface area contributed by atoms with Gasteiger partial charge in [0.15, 0.2) is 11.5 Å². The SMILES string of the molecule is COc1nc(CCc2ccc3c(c2)OC(F)(F)O3)cc(-c2cccnc2)n1. The molecule has 3 heterocycles. The molecule has 4 rings (SSSR count). The van der Waals surface area contributed by atoms with Crippen LogP contribution >= 0.6 is 0 Å². The topological polar surface area (TPSA) is 66.4 Å². The number of nitrogens with zero attached hydrogens (tertiary/aromatic N) is 3. The van der Waals surface area contributed by atoms with Crippen molar-refractivity contribution in [3.63, 3.8) is 0 Å². The molecular weight excluding hydrogens is 356 g/mol. The summed E-state index contributed by atoms with van der Waals surface area (Å²) in [5.74, 6) is 0.0696. The Balaban J connectivity index is 1.54. The van der Waals surface area contributed by atoms with Crippen molar-refractivity contribution in [2.24, 2.45) is 0 Å². The fourth-order valence-electron chi connectivity index (χ4n) is 2.78. The first-order chi connectivity index (χ1) is 13.0. The summed E-state index contributed by atoms with van der Waals surface area (Å²) in [5, 5.41) is 0. The van der Waals surface area contributed by atoms with Crippen molar-refractivity contribution in [2.75, 3.05) is 7.11 Å². The van der Waals surface area contributed by atoms with Crippen molar-refractivity contribution in [3.8, 4) is 28.8 Å². The number of aryl methyl sites for hydroxylation is 2. The third-order valence-corrected chi connectivity index (χ3v) is 4.03. The number of fused-ring (bicyclic) bond motifs is 1. The predicted octanol–water partition coefficient (Wildman–Crippen LogP) is 3.65. The summed E-state index contributed by atoms with van der Waals surface area (Å²) in [5.41, 5.74) is 3.15. The molecule has 2 aromatic heterocycles. The minimum absolute atomic E-state index is 0.0336. The van der Waals surface area contributed by atoms with E-state index in [0.717, 1.165) is 16.8 Å². The van der Waals surface area contributed by atoms with E-state index in [1.807, 2.05) is 18.2 Å². The van der Waals surface area contributed by atoms with Crippen LogP contribution < -0.4 is 14.2 Å². The Morgan fingerprint density at radius 2 is 1.89 bits per heavy atom. The fraction of sp³-hybridized carbons (Fsp3) is 0.211. The Morgan fingerprint density at radius 3 is 2.67 bits per heavy atom. The van der Waals surface area contributed by atoms with E-state index in [2.05, 4.69) is 24.4 Å². The summed E-state index contributed by atoms with van der Waals surface area (Å²) in [6, 6.07) is 10.6. The first-order valence-electron chi connectivity index (χ1n) is 8.23. The van der Waals surface area contributed by atoms with Gasteiger partial charge in [-0.2, -0.15) is 4.98 Å². The summed E-state index contributed by atoms with van der Waals surface area (Å²) < 4.78 is 40.3. The molecule has 138 valence electrons. The van der Waals surface area contributed by atoms with Crippen LogP contribution in [0.1, 0.15) is 11.3 Å². The lowest BCUT2D eigenvalue weighted by Gasteiger charge is -2.08. The molecule has 0 fully saturated rings. The molecule has 0 bridgehead atoms. The van der Waals surface area contributed by atoms with Gasteiger partial charge in [0, 0.05) is 23.7 Å². The van der Waals surface area contributed by atoms with Gasteiger partial charge in [-0.05, 0) is 48.7 Å². The van der Waals surface area contributed by atoms with Crippen molar-refractivity contribution < 1.29 is 23.0 Å². The van der Waals surface area contributed by atoms with E-state index in [0.29, 0.717) is 18.5 Å². The Bertz CT molecular complexity index is 968. The third kappa shape index (κ3) is 3.79. The normalized spacial score (nSPS) is 14.2. The first kappa shape index (κ1) is 17.1. The molecule has 27 heavy (non-hydrogen) atoms. The molecule has 6 nitrogen and oxygen atoms in total. The Kier molecular flexibility index (Phi) is 4.31. The number of methoxy groups -OCH3 is 1. The minimum atomic E-state index is -3.61. The van der Waals surface area contributed by atoms with Crippen LogP contribution in [0, 0.1) is 0 Å². The van der Waals surface area contributed by atoms with E-state index >= 15 is 0 Å². The lowest BCUT2D eigenvalue weighted by atomic mass is 10.1. The van der Waals surface area contributed by atoms with Crippen molar-refractivity contribution in [3.05, 3.63) is 60.0 Å². The van der Waals surface area contributed by atoms with Crippen LogP contribution in [0.5, 0.6) is 17.5 Å². The van der Waals surface area contributed by atoms with Gasteiger partial charge < -0.3 is 14.2 Å². The van der Waals surface area contributed by atoms with E-state index in [9.17, 15) is 8.78 Å². The smallest absolute Gasteiger partial charge is 0.467 e. The number of hydrogen-bond acceptors (Lipinski definition) is 6. The molecule has 0 radical (unpaired) electrons. The quantitative estimate of drug-likeness (QED) is 0.682. The maximum absolute atomic E-state index is 13.1. The van der Waals surface area contributed by atoms with Crippen LogP contribution in [0.4, 0.5) is 8.78 Å². The molecule has 0 saturated carbocycles. The second-order valence-corrected chi connectivity index (χ2v) is 5.92. The van der Waals surface area contributed by atoms with Crippen LogP contribution in [0.15, 0.2) is 48.8 Å². The van der Waals surface area contributed by atoms with Gasteiger partial charge in [0.25, 0.3) is 0 Å². The molecule has 0 spiro atoms. The Morgan fingerprint density at radius 1 is 1.04 bits per heavy atom. The molecule has 1 aromatic carbocycles. The summed E-state index contributed by atoms with van der Waals surface area (Å²) >= 11 is 0. The van der Waals surface area contributed by atoms with E-state index in [4.69, 9.17) is 4.74 Å². The van der Waals surface area contributed by atoms with Crippen molar-refractivity contribution in [2.45, 2.75) is 19.1 Å². The number of rotatable bonds is 5. The van der Waals surface area contributed by atoms with Gasteiger partial charge in [0.2, 0.25) is 0 Å². The molecule has 1 aliphatic heterocycles. The second kappa shape index (κ2) is 6.79. The number of hydrogen-bond donors (Lipinski definition) is 0. The number of aromatic nitrogens is 3. The Labute approximate surface area is 153 Å². The molecule has 0 amide bonds. The maximum Gasteiger partial charge on any atom is 0.586 e. The molecule has 0 saturated heterocycles. The van der Waals surface area contributed by atoms with Crippen LogP contribution in [0.3, 0.4) is 0 Å². The van der Waals surface area contributed by atoms with Gasteiger partial charge in [0.05, 0.1) is 12.8 Å². The van der Waals surface area contributed by atoms with E-state index in [1.54, 1.807) is 24.5 Å². The van der Waals surface area contributed by atoms with Crippen LogP contribution in [0.2, 0.25) is 0 Å². The van der Waals surface area contributed by atoms with Gasteiger partial charge in [-0.15, -0.1) is 8.78 Å². The highest BCUT2D eigenvalue weighted by molar-refractivity contribution is 5.58. The number of ether oxygens (including phenoxy) is 3. The zero-order valence-electron chi connectivity index (χ0n) is 14.4. The standard InChI is InChI=1S/C19H15F2N3O3/c1-25-18-23-14(10-15(24-18)13-3-2-8-22-11-13)6-4-12-5-7-16-17(9-12)27-19(20,21)26-16/h2-3,5,7-11H,4,6H2,1H3. The van der Waals surface area contributed by atoms with Gasteiger partial charge >= 0.3 is 12.3 Å². The van der Waals surface area contributed by atoms with Crippen LogP contribution in [-0.2, 0) is 12.8 Å². The van der Waals surface area contributed by atoms with E-state index < -0.39 is 6.29 Å². The number of halogens is 2. The molecule has 8 heteroatoms. The summed E-state index contributed by atoms with van der Waals surface area (Å²) in [6.07, 6.45) is 0.937. The van der Waals surface area contributed by atoms with Crippen molar-refractivity contribution in [1.82, 2.24) is 15.0 Å². The van der Waals surface area contributed by atoms with Crippen LogP contribution in [0.25, 0.3) is 11.3 Å². The third-order valence-electron chi connectivity index (χ3n) is 4.03. The van der Waals surface area contributed by atoms with Gasteiger partial charge in [-0.25, -0.2) is 4.98 Å². The minimum Gasteiger partial charge on any atom is -0.467 e.